The molecule has 4 heteroatoms. The molecule has 1 saturated carbocycles. The standard InChI is InChI=1S/C15H22O4/c1-8-4-5-11-10(9(2)14(18)19)7-13(17)15(11,3)12(16)6-8/h4,11-13,16-17H,5-7H2,1-3H3,(H,18,19)/p-1/b10-9+/t11-,12+,13-,15-/m1/s1. The van der Waals surface area contributed by atoms with Crippen LogP contribution in [0.5, 0.6) is 0 Å². The van der Waals surface area contributed by atoms with Gasteiger partial charge in [0.15, 0.2) is 0 Å². The molecule has 0 radical (unpaired) electrons. The number of hydrogen-bond acceptors (Lipinski definition) is 4. The molecule has 0 amide bonds. The summed E-state index contributed by atoms with van der Waals surface area (Å²) in [6.07, 6.45) is 2.18. The van der Waals surface area contributed by atoms with E-state index in [1.807, 2.05) is 19.9 Å². The second-order valence-corrected chi connectivity index (χ2v) is 6.08. The van der Waals surface area contributed by atoms with Crippen molar-refractivity contribution in [1.29, 1.82) is 0 Å². The molecule has 2 N–H and O–H groups in total. The van der Waals surface area contributed by atoms with E-state index in [2.05, 4.69) is 0 Å². The van der Waals surface area contributed by atoms with Gasteiger partial charge in [0, 0.05) is 5.41 Å². The Morgan fingerprint density at radius 3 is 2.53 bits per heavy atom. The third-order valence-electron chi connectivity index (χ3n) is 5.03. The molecule has 0 bridgehead atoms. The summed E-state index contributed by atoms with van der Waals surface area (Å²) in [5, 5.41) is 31.8. The van der Waals surface area contributed by atoms with Gasteiger partial charge in [-0.2, -0.15) is 0 Å². The number of carboxylic acid groups (broad SMARTS) is 1. The molecule has 0 spiro atoms. The summed E-state index contributed by atoms with van der Waals surface area (Å²) in [6.45, 7) is 5.33. The molecule has 4 atom stereocenters. The van der Waals surface area contributed by atoms with Crippen LogP contribution in [-0.4, -0.2) is 28.4 Å². The van der Waals surface area contributed by atoms with Crippen LogP contribution in [0, 0.1) is 11.3 Å². The van der Waals surface area contributed by atoms with Gasteiger partial charge in [0.25, 0.3) is 0 Å². The van der Waals surface area contributed by atoms with Crippen LogP contribution in [0.3, 0.4) is 0 Å². The van der Waals surface area contributed by atoms with Crippen LogP contribution in [-0.2, 0) is 4.79 Å². The molecule has 2 aliphatic carbocycles. The van der Waals surface area contributed by atoms with E-state index in [4.69, 9.17) is 0 Å². The van der Waals surface area contributed by atoms with Crippen LogP contribution in [0.15, 0.2) is 22.8 Å². The number of carboxylic acids is 1. The molecule has 19 heavy (non-hydrogen) atoms. The number of allylic oxidation sites excluding steroid dienone is 1. The second kappa shape index (κ2) is 4.76. The molecule has 1 fully saturated rings. The Bertz CT molecular complexity index is 463. The van der Waals surface area contributed by atoms with Crippen LogP contribution >= 0.6 is 0 Å². The Balaban J connectivity index is 2.51. The van der Waals surface area contributed by atoms with E-state index < -0.39 is 23.6 Å². The van der Waals surface area contributed by atoms with E-state index in [0.717, 1.165) is 11.1 Å². The smallest absolute Gasteiger partial charge is 0.0671 e. The largest absolute Gasteiger partial charge is 0.545 e. The molecule has 0 aromatic carbocycles. The lowest BCUT2D eigenvalue weighted by Crippen LogP contribution is -2.43. The average molecular weight is 265 g/mol. The predicted molar refractivity (Wildman–Crippen MR) is 68.9 cm³/mol. The maximum Gasteiger partial charge on any atom is 0.0671 e. The highest BCUT2D eigenvalue weighted by Crippen LogP contribution is 2.54. The van der Waals surface area contributed by atoms with Crippen molar-refractivity contribution in [3.63, 3.8) is 0 Å². The number of rotatable bonds is 1. The van der Waals surface area contributed by atoms with Crippen LogP contribution in [0.2, 0.25) is 0 Å². The predicted octanol–water partition coefficient (Wildman–Crippen LogP) is 0.541. The fourth-order valence-corrected chi connectivity index (χ4v) is 3.50. The zero-order chi connectivity index (χ0) is 14.4. The Kier molecular flexibility index (Phi) is 3.58. The summed E-state index contributed by atoms with van der Waals surface area (Å²) >= 11 is 0. The number of aliphatic hydroxyl groups excluding tert-OH is 2. The van der Waals surface area contributed by atoms with Crippen molar-refractivity contribution in [2.75, 3.05) is 0 Å². The molecule has 0 unspecified atom stereocenters. The minimum atomic E-state index is -1.19. The van der Waals surface area contributed by atoms with Gasteiger partial charge in [0.1, 0.15) is 0 Å². The first-order valence-electron chi connectivity index (χ1n) is 6.71. The molecule has 2 rings (SSSR count). The third-order valence-corrected chi connectivity index (χ3v) is 5.03. The van der Waals surface area contributed by atoms with Gasteiger partial charge in [-0.15, -0.1) is 0 Å². The lowest BCUT2D eigenvalue weighted by molar-refractivity contribution is -0.299. The first-order valence-corrected chi connectivity index (χ1v) is 6.71. The number of carbonyl (C=O) groups excluding carboxylic acids is 1. The molecule has 0 heterocycles. The van der Waals surface area contributed by atoms with Gasteiger partial charge in [0.05, 0.1) is 18.2 Å². The summed E-state index contributed by atoms with van der Waals surface area (Å²) in [7, 11) is 0. The number of aliphatic carboxylic acids is 1. The van der Waals surface area contributed by atoms with E-state index in [9.17, 15) is 20.1 Å². The van der Waals surface area contributed by atoms with Crippen LogP contribution in [0.1, 0.15) is 40.0 Å². The first kappa shape index (κ1) is 14.3. The van der Waals surface area contributed by atoms with Crippen LogP contribution in [0.25, 0.3) is 0 Å². The number of aliphatic hydroxyl groups is 2. The number of carbonyl (C=O) groups is 1. The Morgan fingerprint density at radius 2 is 1.95 bits per heavy atom. The molecular formula is C15H21O4-. The van der Waals surface area contributed by atoms with Crippen LogP contribution in [0.4, 0.5) is 0 Å². The van der Waals surface area contributed by atoms with Crippen molar-refractivity contribution >= 4 is 5.97 Å². The van der Waals surface area contributed by atoms with Crippen molar-refractivity contribution in [2.45, 2.75) is 52.2 Å². The van der Waals surface area contributed by atoms with Gasteiger partial charge in [-0.3, -0.25) is 0 Å². The monoisotopic (exact) mass is 265 g/mol. The van der Waals surface area contributed by atoms with E-state index in [1.54, 1.807) is 0 Å². The number of fused-ring (bicyclic) bond motifs is 1. The molecule has 0 aromatic heterocycles. The summed E-state index contributed by atoms with van der Waals surface area (Å²) in [5.41, 5.74) is 1.33. The van der Waals surface area contributed by atoms with Crippen molar-refractivity contribution in [3.8, 4) is 0 Å². The maximum absolute atomic E-state index is 11.1. The number of hydrogen-bond donors (Lipinski definition) is 2. The third kappa shape index (κ3) is 2.13. The minimum Gasteiger partial charge on any atom is -0.545 e. The average Bonchev–Trinajstić information content (AvgIpc) is 2.52. The Hall–Kier alpha value is -1.13. The molecular weight excluding hydrogens is 244 g/mol. The lowest BCUT2D eigenvalue weighted by atomic mass is 9.71. The molecule has 106 valence electrons. The summed E-state index contributed by atoms with van der Waals surface area (Å²) in [5.74, 6) is -1.32. The van der Waals surface area contributed by atoms with E-state index in [-0.39, 0.29) is 11.5 Å². The SMILES string of the molecule is CC1=CC[C@@H]2/C(=C(\C)C(=O)[O-])C[C@@H](O)[C@@]2(C)[C@@H](O)C1. The fourth-order valence-electron chi connectivity index (χ4n) is 3.50. The molecule has 0 aromatic rings. The van der Waals surface area contributed by atoms with Crippen molar-refractivity contribution in [2.24, 2.45) is 11.3 Å². The minimum absolute atomic E-state index is 0.132. The summed E-state index contributed by atoms with van der Waals surface area (Å²) in [6, 6.07) is 0. The van der Waals surface area contributed by atoms with Gasteiger partial charge in [-0.05, 0) is 44.6 Å². The Labute approximate surface area is 113 Å². The van der Waals surface area contributed by atoms with Crippen LogP contribution < -0.4 is 5.11 Å². The zero-order valence-electron chi connectivity index (χ0n) is 11.6. The lowest BCUT2D eigenvalue weighted by Gasteiger charge is -2.37. The maximum atomic E-state index is 11.1. The highest BCUT2D eigenvalue weighted by molar-refractivity contribution is 5.85. The molecule has 4 nitrogen and oxygen atoms in total. The van der Waals surface area contributed by atoms with Gasteiger partial charge >= 0.3 is 0 Å². The normalized spacial score (nSPS) is 41.3. The van der Waals surface area contributed by atoms with E-state index in [1.165, 1.54) is 6.92 Å². The van der Waals surface area contributed by atoms with Crippen molar-refractivity contribution in [1.82, 2.24) is 0 Å². The topological polar surface area (TPSA) is 80.6 Å². The van der Waals surface area contributed by atoms with Gasteiger partial charge in [-0.1, -0.05) is 24.1 Å². The first-order chi connectivity index (χ1) is 8.78. The quantitative estimate of drug-likeness (QED) is 0.535. The second-order valence-electron chi connectivity index (χ2n) is 6.08. The van der Waals surface area contributed by atoms with E-state index >= 15 is 0 Å². The Morgan fingerprint density at radius 1 is 1.37 bits per heavy atom. The molecule has 0 saturated heterocycles. The highest BCUT2D eigenvalue weighted by atomic mass is 16.4. The highest BCUT2D eigenvalue weighted by Gasteiger charge is 2.53. The van der Waals surface area contributed by atoms with Crippen molar-refractivity contribution in [3.05, 3.63) is 22.8 Å². The van der Waals surface area contributed by atoms with E-state index in [0.29, 0.717) is 19.3 Å². The summed E-state index contributed by atoms with van der Waals surface area (Å²) < 4.78 is 0. The molecule has 0 aliphatic heterocycles. The van der Waals surface area contributed by atoms with Gasteiger partial charge in [-0.25, -0.2) is 0 Å². The fraction of sp³-hybridized carbons (Fsp3) is 0.667. The van der Waals surface area contributed by atoms with Gasteiger partial charge in [0.2, 0.25) is 0 Å². The zero-order valence-corrected chi connectivity index (χ0v) is 11.6. The molecule has 2 aliphatic rings. The summed E-state index contributed by atoms with van der Waals surface area (Å²) in [4.78, 5) is 11.1. The van der Waals surface area contributed by atoms with Gasteiger partial charge < -0.3 is 20.1 Å². The van der Waals surface area contributed by atoms with Crippen molar-refractivity contribution < 1.29 is 20.1 Å².